The lowest BCUT2D eigenvalue weighted by Crippen LogP contribution is -2.46. The van der Waals surface area contributed by atoms with Gasteiger partial charge in [-0.2, -0.15) is 0 Å². The Morgan fingerprint density at radius 1 is 1.03 bits per heavy atom. The monoisotopic (exact) mass is 444 g/mol. The third-order valence-electron chi connectivity index (χ3n) is 5.60. The molecule has 0 spiro atoms. The van der Waals surface area contributed by atoms with Gasteiger partial charge in [-0.3, -0.25) is 4.79 Å². The van der Waals surface area contributed by atoms with E-state index in [-0.39, 0.29) is 23.6 Å². The van der Waals surface area contributed by atoms with Gasteiger partial charge in [-0.15, -0.1) is 0 Å². The molecule has 168 valence electrons. The second-order valence-corrected chi connectivity index (χ2v) is 10.4. The van der Waals surface area contributed by atoms with E-state index in [1.54, 1.807) is 0 Å². The summed E-state index contributed by atoms with van der Waals surface area (Å²) in [6, 6.07) is 15.2. The number of sulfonamides is 1. The first-order valence-electron chi connectivity index (χ1n) is 10.8. The molecule has 7 heteroatoms. The Morgan fingerprint density at radius 2 is 1.58 bits per heavy atom. The molecule has 1 heterocycles. The van der Waals surface area contributed by atoms with E-state index >= 15 is 0 Å². The standard InChI is InChI=1S/C24H32N2O4S/c1-18-4-8-21(9-5-18)17-31(28,29)26-14-12-22(13-15-26)24(27)25-20(3)16-30-23-10-6-19(2)7-11-23/h4-11,20,22H,12-17H2,1-3H3,(H,25,27)/t20-/m0/s1. The van der Waals surface area contributed by atoms with Crippen molar-refractivity contribution < 1.29 is 17.9 Å². The average molecular weight is 445 g/mol. The van der Waals surface area contributed by atoms with Gasteiger partial charge in [0.05, 0.1) is 11.8 Å². The first kappa shape index (κ1) is 23.3. The smallest absolute Gasteiger partial charge is 0.223 e. The van der Waals surface area contributed by atoms with E-state index in [9.17, 15) is 13.2 Å². The Kier molecular flexibility index (Phi) is 7.73. The minimum Gasteiger partial charge on any atom is -0.491 e. The van der Waals surface area contributed by atoms with Crippen molar-refractivity contribution in [3.63, 3.8) is 0 Å². The highest BCUT2D eigenvalue weighted by Crippen LogP contribution is 2.22. The Hall–Kier alpha value is -2.38. The van der Waals surface area contributed by atoms with Gasteiger partial charge in [0.15, 0.2) is 0 Å². The van der Waals surface area contributed by atoms with Crippen molar-refractivity contribution in [3.8, 4) is 5.75 Å². The van der Waals surface area contributed by atoms with Gasteiger partial charge in [-0.05, 0) is 51.3 Å². The van der Waals surface area contributed by atoms with E-state index < -0.39 is 10.0 Å². The van der Waals surface area contributed by atoms with Gasteiger partial charge >= 0.3 is 0 Å². The van der Waals surface area contributed by atoms with Crippen molar-refractivity contribution in [3.05, 3.63) is 65.2 Å². The van der Waals surface area contributed by atoms with Gasteiger partial charge in [0.2, 0.25) is 15.9 Å². The number of nitrogens with zero attached hydrogens (tertiary/aromatic N) is 1. The van der Waals surface area contributed by atoms with Crippen molar-refractivity contribution in [2.24, 2.45) is 5.92 Å². The lowest BCUT2D eigenvalue weighted by atomic mass is 9.97. The maximum Gasteiger partial charge on any atom is 0.223 e. The van der Waals surface area contributed by atoms with Crippen LogP contribution in [0.4, 0.5) is 0 Å². The summed E-state index contributed by atoms with van der Waals surface area (Å²) in [5.74, 6) is 0.569. The molecule has 0 aromatic heterocycles. The Balaban J connectivity index is 1.44. The quantitative estimate of drug-likeness (QED) is 0.677. The molecule has 0 saturated carbocycles. The van der Waals surface area contributed by atoms with E-state index in [2.05, 4.69) is 5.32 Å². The number of amides is 1. The van der Waals surface area contributed by atoms with Crippen molar-refractivity contribution >= 4 is 15.9 Å². The SMILES string of the molecule is Cc1ccc(CS(=O)(=O)N2CCC(C(=O)N[C@@H](C)COc3ccc(C)cc3)CC2)cc1. The van der Waals surface area contributed by atoms with Gasteiger partial charge in [-0.25, -0.2) is 12.7 Å². The first-order valence-corrected chi connectivity index (χ1v) is 12.4. The third kappa shape index (κ3) is 6.80. The minimum absolute atomic E-state index is 0.00245. The summed E-state index contributed by atoms with van der Waals surface area (Å²) < 4.78 is 32.7. The molecule has 1 aliphatic rings. The van der Waals surface area contributed by atoms with Crippen LogP contribution in [0, 0.1) is 19.8 Å². The van der Waals surface area contributed by atoms with Crippen LogP contribution in [0.2, 0.25) is 0 Å². The van der Waals surface area contributed by atoms with Crippen molar-refractivity contribution in [1.82, 2.24) is 9.62 Å². The zero-order valence-corrected chi connectivity index (χ0v) is 19.3. The molecule has 0 aliphatic carbocycles. The molecule has 2 aromatic carbocycles. The predicted molar refractivity (Wildman–Crippen MR) is 122 cm³/mol. The fourth-order valence-corrected chi connectivity index (χ4v) is 5.20. The normalized spacial score (nSPS) is 16.6. The highest BCUT2D eigenvalue weighted by atomic mass is 32.2. The third-order valence-corrected chi connectivity index (χ3v) is 7.45. The molecule has 1 amide bonds. The summed E-state index contributed by atoms with van der Waals surface area (Å²) in [4.78, 5) is 12.6. The van der Waals surface area contributed by atoms with Gasteiger partial charge in [0, 0.05) is 19.0 Å². The van der Waals surface area contributed by atoms with Crippen LogP contribution in [0.15, 0.2) is 48.5 Å². The number of nitrogens with one attached hydrogen (secondary N) is 1. The second kappa shape index (κ2) is 10.3. The minimum atomic E-state index is -3.38. The van der Waals surface area contributed by atoms with E-state index in [0.717, 1.165) is 16.9 Å². The molecule has 1 N–H and O–H groups in total. The second-order valence-electron chi connectivity index (χ2n) is 8.45. The molecule has 1 atom stereocenters. The summed E-state index contributed by atoms with van der Waals surface area (Å²) >= 11 is 0. The number of piperidine rings is 1. The summed E-state index contributed by atoms with van der Waals surface area (Å²) in [7, 11) is -3.38. The number of benzene rings is 2. The summed E-state index contributed by atoms with van der Waals surface area (Å²) in [5, 5.41) is 3.00. The van der Waals surface area contributed by atoms with E-state index in [4.69, 9.17) is 4.74 Å². The molecule has 0 radical (unpaired) electrons. The molecular formula is C24H32N2O4S. The fraction of sp³-hybridized carbons (Fsp3) is 0.458. The maximum atomic E-state index is 12.7. The molecule has 1 fully saturated rings. The summed E-state index contributed by atoms with van der Waals surface area (Å²) in [5.41, 5.74) is 3.06. The van der Waals surface area contributed by atoms with Crippen LogP contribution >= 0.6 is 0 Å². The van der Waals surface area contributed by atoms with Gasteiger partial charge in [0.25, 0.3) is 0 Å². The number of carbonyl (C=O) groups excluding carboxylic acids is 1. The van der Waals surface area contributed by atoms with Crippen LogP contribution in [-0.2, 0) is 20.6 Å². The molecule has 31 heavy (non-hydrogen) atoms. The number of carbonyl (C=O) groups is 1. The molecule has 0 unspecified atom stereocenters. The van der Waals surface area contributed by atoms with Crippen LogP contribution in [-0.4, -0.2) is 44.4 Å². The lowest BCUT2D eigenvalue weighted by Gasteiger charge is -2.31. The topological polar surface area (TPSA) is 75.7 Å². The van der Waals surface area contributed by atoms with Crippen LogP contribution in [0.25, 0.3) is 0 Å². The van der Waals surface area contributed by atoms with E-state index in [1.807, 2.05) is 69.3 Å². The summed E-state index contributed by atoms with van der Waals surface area (Å²) in [6.45, 7) is 7.04. The van der Waals surface area contributed by atoms with Crippen LogP contribution in [0.3, 0.4) is 0 Å². The Bertz CT molecular complexity index is 964. The molecule has 0 bridgehead atoms. The van der Waals surface area contributed by atoms with Gasteiger partial charge in [-0.1, -0.05) is 47.5 Å². The number of hydrogen-bond donors (Lipinski definition) is 1. The molecule has 1 aliphatic heterocycles. The average Bonchev–Trinajstić information content (AvgIpc) is 2.75. The first-order chi connectivity index (χ1) is 14.7. The largest absolute Gasteiger partial charge is 0.491 e. The van der Waals surface area contributed by atoms with Crippen molar-refractivity contribution in [2.75, 3.05) is 19.7 Å². The highest BCUT2D eigenvalue weighted by molar-refractivity contribution is 7.88. The summed E-state index contributed by atoms with van der Waals surface area (Å²) in [6.07, 6.45) is 1.06. The van der Waals surface area contributed by atoms with Crippen LogP contribution < -0.4 is 10.1 Å². The molecule has 6 nitrogen and oxygen atoms in total. The van der Waals surface area contributed by atoms with Crippen LogP contribution in [0.1, 0.15) is 36.5 Å². The Morgan fingerprint density at radius 3 is 2.16 bits per heavy atom. The zero-order chi connectivity index (χ0) is 22.4. The number of ether oxygens (including phenoxy) is 1. The Labute approximate surface area is 185 Å². The number of aryl methyl sites for hydroxylation is 2. The number of rotatable bonds is 8. The molecular weight excluding hydrogens is 412 g/mol. The predicted octanol–water partition coefficient (Wildman–Crippen LogP) is 3.43. The lowest BCUT2D eigenvalue weighted by molar-refractivity contribution is -0.126. The van der Waals surface area contributed by atoms with Crippen LogP contribution in [0.5, 0.6) is 5.75 Å². The number of hydrogen-bond acceptors (Lipinski definition) is 4. The maximum absolute atomic E-state index is 12.7. The van der Waals surface area contributed by atoms with Crippen molar-refractivity contribution in [2.45, 2.75) is 45.4 Å². The molecule has 1 saturated heterocycles. The fourth-order valence-electron chi connectivity index (χ4n) is 3.64. The molecule has 3 rings (SSSR count). The van der Waals surface area contributed by atoms with Gasteiger partial charge < -0.3 is 10.1 Å². The van der Waals surface area contributed by atoms with Crippen molar-refractivity contribution in [1.29, 1.82) is 0 Å². The van der Waals surface area contributed by atoms with Gasteiger partial charge in [0.1, 0.15) is 12.4 Å². The highest BCUT2D eigenvalue weighted by Gasteiger charge is 2.31. The van der Waals surface area contributed by atoms with E-state index in [0.29, 0.717) is 32.5 Å². The molecule has 2 aromatic rings. The van der Waals surface area contributed by atoms with E-state index in [1.165, 1.54) is 9.87 Å². The zero-order valence-electron chi connectivity index (χ0n) is 18.5.